The number of hydrogen-bond donors (Lipinski definition) is 3. The van der Waals surface area contributed by atoms with E-state index in [9.17, 15) is 4.79 Å². The Labute approximate surface area is 195 Å². The Morgan fingerprint density at radius 3 is 2.94 bits per heavy atom. The van der Waals surface area contributed by atoms with Crippen molar-refractivity contribution in [3.63, 3.8) is 0 Å². The van der Waals surface area contributed by atoms with Crippen molar-refractivity contribution in [2.45, 2.75) is 51.0 Å². The Kier molecular flexibility index (Phi) is 6.72. The van der Waals surface area contributed by atoms with Gasteiger partial charge in [-0.2, -0.15) is 5.10 Å². The van der Waals surface area contributed by atoms with Gasteiger partial charge >= 0.3 is 6.03 Å². The molecule has 3 heterocycles. The number of hydrogen-bond acceptors (Lipinski definition) is 3. The lowest BCUT2D eigenvalue weighted by molar-refractivity contribution is 0.161. The molecule has 172 valence electrons. The first-order chi connectivity index (χ1) is 16.3. The van der Waals surface area contributed by atoms with Crippen molar-refractivity contribution in [2.24, 2.45) is 0 Å². The Balaban J connectivity index is 1.16. The number of H-pyrrole nitrogens is 1. The summed E-state index contributed by atoms with van der Waals surface area (Å²) in [6, 6.07) is 16.9. The van der Waals surface area contributed by atoms with E-state index in [1.54, 1.807) is 0 Å². The Morgan fingerprint density at radius 2 is 2.03 bits per heavy atom. The number of aromatic amines is 1. The second-order valence-electron chi connectivity index (χ2n) is 9.23. The van der Waals surface area contributed by atoms with Crippen molar-refractivity contribution in [3.8, 4) is 0 Å². The van der Waals surface area contributed by atoms with Gasteiger partial charge in [0.2, 0.25) is 0 Å². The highest BCUT2D eigenvalue weighted by molar-refractivity contribution is 5.96. The smallest absolute Gasteiger partial charge is 0.319 e. The summed E-state index contributed by atoms with van der Waals surface area (Å²) in [5, 5.41) is 14.8. The van der Waals surface area contributed by atoms with Gasteiger partial charge in [-0.05, 0) is 74.4 Å². The number of amides is 2. The van der Waals surface area contributed by atoms with Gasteiger partial charge in [-0.15, -0.1) is 0 Å². The fourth-order valence-corrected chi connectivity index (χ4v) is 5.10. The standard InChI is InChI=1S/C27H33N5O/c33-27(28-15-6-4-10-20-8-2-1-3-9-20)29-22-12-13-25-24(19-22)26(31-30-25)21-14-17-32-16-7-5-11-23(32)18-21/h1-3,8-9,12-14,19,23H,4-7,10-11,15-18H2,(H,30,31)(H2,28,29,33). The molecule has 5 rings (SSSR count). The number of rotatable bonds is 7. The number of anilines is 1. The topological polar surface area (TPSA) is 73.0 Å². The van der Waals surface area contributed by atoms with Crippen molar-refractivity contribution in [3.05, 3.63) is 65.9 Å². The zero-order chi connectivity index (χ0) is 22.5. The summed E-state index contributed by atoms with van der Waals surface area (Å²) in [7, 11) is 0. The summed E-state index contributed by atoms with van der Waals surface area (Å²) in [5.74, 6) is 0. The molecule has 6 heteroatoms. The highest BCUT2D eigenvalue weighted by Crippen LogP contribution is 2.34. The van der Waals surface area contributed by atoms with Crippen molar-refractivity contribution < 1.29 is 4.79 Å². The minimum absolute atomic E-state index is 0.158. The van der Waals surface area contributed by atoms with Crippen LogP contribution in [0.3, 0.4) is 0 Å². The SMILES string of the molecule is O=C(NCCCCc1ccccc1)Nc1ccc2[nH]nc(C3=CCN4CCCCC4C3)c2c1. The average Bonchev–Trinajstić information content (AvgIpc) is 3.27. The van der Waals surface area contributed by atoms with E-state index in [1.165, 1.54) is 36.9 Å². The Hall–Kier alpha value is -3.12. The normalized spacial score (nSPS) is 18.5. The highest BCUT2D eigenvalue weighted by atomic mass is 16.2. The summed E-state index contributed by atoms with van der Waals surface area (Å²) < 4.78 is 0. The van der Waals surface area contributed by atoms with Gasteiger partial charge in [-0.3, -0.25) is 10.00 Å². The molecule has 6 nitrogen and oxygen atoms in total. The van der Waals surface area contributed by atoms with Crippen LogP contribution in [-0.2, 0) is 6.42 Å². The molecular weight excluding hydrogens is 410 g/mol. The molecule has 0 spiro atoms. The number of aromatic nitrogens is 2. The molecule has 0 radical (unpaired) electrons. The van der Waals surface area contributed by atoms with E-state index in [1.807, 2.05) is 24.3 Å². The number of urea groups is 1. The number of nitrogens with one attached hydrogen (secondary N) is 3. The van der Waals surface area contributed by atoms with Gasteiger partial charge in [-0.1, -0.05) is 42.8 Å². The maximum Gasteiger partial charge on any atom is 0.319 e. The zero-order valence-corrected chi connectivity index (χ0v) is 19.1. The molecule has 1 aromatic heterocycles. The maximum atomic E-state index is 12.4. The molecule has 0 saturated carbocycles. The Bertz CT molecular complexity index is 1120. The molecule has 2 amide bonds. The number of benzene rings is 2. The predicted molar refractivity (Wildman–Crippen MR) is 134 cm³/mol. The first kappa shape index (κ1) is 21.7. The van der Waals surface area contributed by atoms with E-state index in [0.717, 1.165) is 54.5 Å². The average molecular weight is 444 g/mol. The molecule has 1 saturated heterocycles. The predicted octanol–water partition coefficient (Wildman–Crippen LogP) is 5.35. The lowest BCUT2D eigenvalue weighted by atomic mass is 9.90. The van der Waals surface area contributed by atoms with Crippen LogP contribution in [0, 0.1) is 0 Å². The van der Waals surface area contributed by atoms with Gasteiger partial charge in [0.05, 0.1) is 11.2 Å². The van der Waals surface area contributed by atoms with E-state index in [4.69, 9.17) is 0 Å². The van der Waals surface area contributed by atoms with Gasteiger partial charge in [0.1, 0.15) is 0 Å². The first-order valence-corrected chi connectivity index (χ1v) is 12.3. The lowest BCUT2D eigenvalue weighted by Gasteiger charge is -2.38. The first-order valence-electron chi connectivity index (χ1n) is 12.3. The third kappa shape index (κ3) is 5.28. The molecule has 2 aliphatic heterocycles. The summed E-state index contributed by atoms with van der Waals surface area (Å²) >= 11 is 0. The van der Waals surface area contributed by atoms with Gasteiger partial charge in [0.15, 0.2) is 0 Å². The summed E-state index contributed by atoms with van der Waals surface area (Å²) in [5.41, 5.74) is 5.49. The lowest BCUT2D eigenvalue weighted by Crippen LogP contribution is -2.41. The number of unbranched alkanes of at least 4 members (excludes halogenated alkanes) is 1. The maximum absolute atomic E-state index is 12.4. The molecule has 3 aromatic rings. The summed E-state index contributed by atoms with van der Waals surface area (Å²) in [4.78, 5) is 15.0. The van der Waals surface area contributed by atoms with Crippen molar-refractivity contribution in [1.82, 2.24) is 20.4 Å². The Morgan fingerprint density at radius 1 is 1.12 bits per heavy atom. The van der Waals surface area contributed by atoms with E-state index in [0.29, 0.717) is 12.6 Å². The zero-order valence-electron chi connectivity index (χ0n) is 19.1. The fourth-order valence-electron chi connectivity index (χ4n) is 5.10. The van der Waals surface area contributed by atoms with Crippen LogP contribution in [0.25, 0.3) is 16.5 Å². The molecule has 2 aromatic carbocycles. The van der Waals surface area contributed by atoms with Crippen molar-refractivity contribution >= 4 is 28.2 Å². The molecule has 2 aliphatic rings. The molecule has 0 aliphatic carbocycles. The third-order valence-corrected chi connectivity index (χ3v) is 6.92. The van der Waals surface area contributed by atoms with Gasteiger partial charge < -0.3 is 10.6 Å². The molecule has 0 bridgehead atoms. The van der Waals surface area contributed by atoms with E-state index >= 15 is 0 Å². The molecule has 33 heavy (non-hydrogen) atoms. The number of carbonyl (C=O) groups is 1. The van der Waals surface area contributed by atoms with Crippen LogP contribution in [0.15, 0.2) is 54.6 Å². The number of piperidine rings is 1. The van der Waals surface area contributed by atoms with Crippen LogP contribution in [0.4, 0.5) is 10.5 Å². The van der Waals surface area contributed by atoms with E-state index in [2.05, 4.69) is 56.1 Å². The summed E-state index contributed by atoms with van der Waals surface area (Å²) in [6.45, 7) is 2.90. The molecule has 1 atom stereocenters. The van der Waals surface area contributed by atoms with Crippen LogP contribution >= 0.6 is 0 Å². The molecule has 1 unspecified atom stereocenters. The van der Waals surface area contributed by atoms with Crippen LogP contribution in [0.2, 0.25) is 0 Å². The van der Waals surface area contributed by atoms with Gasteiger partial charge in [0.25, 0.3) is 0 Å². The highest BCUT2D eigenvalue weighted by Gasteiger charge is 2.27. The quantitative estimate of drug-likeness (QED) is 0.431. The van der Waals surface area contributed by atoms with E-state index < -0.39 is 0 Å². The minimum atomic E-state index is -0.158. The number of fused-ring (bicyclic) bond motifs is 2. The molecular formula is C27H33N5O. The van der Waals surface area contributed by atoms with Gasteiger partial charge in [0, 0.05) is 30.2 Å². The van der Waals surface area contributed by atoms with Crippen LogP contribution < -0.4 is 10.6 Å². The summed E-state index contributed by atoms with van der Waals surface area (Å²) in [6.07, 6.45) is 10.4. The monoisotopic (exact) mass is 443 g/mol. The minimum Gasteiger partial charge on any atom is -0.338 e. The van der Waals surface area contributed by atoms with Crippen LogP contribution in [0.1, 0.15) is 49.8 Å². The number of aryl methyl sites for hydroxylation is 1. The second kappa shape index (κ2) is 10.2. The van der Waals surface area contributed by atoms with Crippen LogP contribution in [0.5, 0.6) is 0 Å². The molecule has 3 N–H and O–H groups in total. The van der Waals surface area contributed by atoms with Gasteiger partial charge in [-0.25, -0.2) is 4.79 Å². The van der Waals surface area contributed by atoms with E-state index in [-0.39, 0.29) is 6.03 Å². The van der Waals surface area contributed by atoms with Crippen molar-refractivity contribution in [2.75, 3.05) is 25.0 Å². The van der Waals surface area contributed by atoms with Crippen LogP contribution in [-0.4, -0.2) is 46.8 Å². The molecule has 1 fully saturated rings. The number of nitrogens with zero attached hydrogens (tertiary/aromatic N) is 2. The fraction of sp³-hybridized carbons (Fsp3) is 0.407. The van der Waals surface area contributed by atoms with Crippen molar-refractivity contribution in [1.29, 1.82) is 0 Å². The largest absolute Gasteiger partial charge is 0.338 e. The second-order valence-corrected chi connectivity index (χ2v) is 9.23. The number of carbonyl (C=O) groups excluding carboxylic acids is 1. The third-order valence-electron chi connectivity index (χ3n) is 6.92.